The molecule has 192 valence electrons. The predicted molar refractivity (Wildman–Crippen MR) is 128 cm³/mol. The van der Waals surface area contributed by atoms with Crippen LogP contribution in [0.2, 0.25) is 0 Å². The Kier molecular flexibility index (Phi) is 5.78. The maximum absolute atomic E-state index is 13.2. The number of imide groups is 1. The zero-order valence-corrected chi connectivity index (χ0v) is 20.5. The molecule has 36 heavy (non-hydrogen) atoms. The van der Waals surface area contributed by atoms with Crippen LogP contribution in [0.3, 0.4) is 0 Å². The van der Waals surface area contributed by atoms with Crippen LogP contribution < -0.4 is 10.1 Å². The summed E-state index contributed by atoms with van der Waals surface area (Å²) in [6, 6.07) is 3.21. The standard InChI is InChI=1S/C27H33N3O6/c31-14-16-1-3-17(4-2-16)25(34)29-11-9-27(10-12-29)15-36-23-19-13-30(21-7-8-22(32)28-24(21)33)26(35)18(19)5-6-20(23)27/h5-6,16-17,21,31H,1-4,7-15H2,(H,28,32,33). The number of carbonyl (C=O) groups excluding carboxylic acids is 4. The number of aliphatic hydroxyl groups is 1. The third kappa shape index (κ3) is 3.70. The smallest absolute Gasteiger partial charge is 0.255 e. The normalized spacial score (nSPS) is 29.1. The van der Waals surface area contributed by atoms with Gasteiger partial charge in [0.2, 0.25) is 17.7 Å². The van der Waals surface area contributed by atoms with Crippen LogP contribution in [0.25, 0.3) is 0 Å². The molecule has 1 saturated carbocycles. The SMILES string of the molecule is O=C1CCC(N2Cc3c(ccc4c3OCC43CCN(C(=O)C4CCC(CO)CC4)CC3)C2=O)C(=O)N1. The first-order chi connectivity index (χ1) is 17.4. The number of hydrogen-bond acceptors (Lipinski definition) is 6. The molecule has 6 rings (SSSR count). The van der Waals surface area contributed by atoms with Crippen LogP contribution >= 0.6 is 0 Å². The molecular formula is C27H33N3O6. The molecule has 2 saturated heterocycles. The van der Waals surface area contributed by atoms with Crippen molar-refractivity contribution in [1.29, 1.82) is 0 Å². The van der Waals surface area contributed by atoms with Gasteiger partial charge in [-0.2, -0.15) is 0 Å². The second-order valence-corrected chi connectivity index (χ2v) is 11.2. The minimum atomic E-state index is -0.643. The van der Waals surface area contributed by atoms with Crippen LogP contribution in [0.1, 0.15) is 72.9 Å². The third-order valence-electron chi connectivity index (χ3n) is 9.22. The number of nitrogens with zero attached hydrogens (tertiary/aromatic N) is 2. The summed E-state index contributed by atoms with van der Waals surface area (Å²) in [5.74, 6) is 0.519. The Hall–Kier alpha value is -2.94. The van der Waals surface area contributed by atoms with Gasteiger partial charge in [-0.1, -0.05) is 6.07 Å². The van der Waals surface area contributed by atoms with Gasteiger partial charge < -0.3 is 19.6 Å². The van der Waals surface area contributed by atoms with Gasteiger partial charge in [0.15, 0.2) is 0 Å². The number of piperidine rings is 2. The van der Waals surface area contributed by atoms with Crippen LogP contribution in [-0.4, -0.2) is 70.9 Å². The van der Waals surface area contributed by atoms with E-state index in [2.05, 4.69) is 5.32 Å². The van der Waals surface area contributed by atoms with Crippen LogP contribution in [0, 0.1) is 11.8 Å². The summed E-state index contributed by atoms with van der Waals surface area (Å²) in [5.41, 5.74) is 2.34. The van der Waals surface area contributed by atoms with E-state index in [1.165, 1.54) is 0 Å². The Morgan fingerprint density at radius 2 is 1.83 bits per heavy atom. The Morgan fingerprint density at radius 3 is 2.53 bits per heavy atom. The summed E-state index contributed by atoms with van der Waals surface area (Å²) in [7, 11) is 0. The molecule has 1 aromatic carbocycles. The summed E-state index contributed by atoms with van der Waals surface area (Å²) < 4.78 is 6.24. The molecule has 1 unspecified atom stereocenters. The number of amides is 4. The first kappa shape index (κ1) is 23.5. The monoisotopic (exact) mass is 495 g/mol. The lowest BCUT2D eigenvalue weighted by Crippen LogP contribution is -2.52. The highest BCUT2D eigenvalue weighted by molar-refractivity contribution is 6.05. The number of hydrogen-bond donors (Lipinski definition) is 2. The third-order valence-corrected chi connectivity index (χ3v) is 9.22. The van der Waals surface area contributed by atoms with Crippen LogP contribution in [-0.2, 0) is 26.3 Å². The van der Waals surface area contributed by atoms with Gasteiger partial charge >= 0.3 is 0 Å². The Morgan fingerprint density at radius 1 is 1.08 bits per heavy atom. The van der Waals surface area contributed by atoms with Gasteiger partial charge in [-0.05, 0) is 56.9 Å². The molecule has 9 nitrogen and oxygen atoms in total. The molecule has 3 fully saturated rings. The van der Waals surface area contributed by atoms with E-state index < -0.39 is 11.9 Å². The van der Waals surface area contributed by atoms with E-state index in [4.69, 9.17) is 4.74 Å². The number of fused-ring (bicyclic) bond motifs is 4. The Labute approximate surface area is 210 Å². The molecule has 5 aliphatic rings. The quantitative estimate of drug-likeness (QED) is 0.614. The van der Waals surface area contributed by atoms with Crippen molar-refractivity contribution in [3.63, 3.8) is 0 Å². The van der Waals surface area contributed by atoms with Crippen LogP contribution in [0.15, 0.2) is 12.1 Å². The lowest BCUT2D eigenvalue weighted by molar-refractivity contribution is -0.139. The number of carbonyl (C=O) groups is 4. The van der Waals surface area contributed by atoms with Gasteiger partial charge in [-0.15, -0.1) is 0 Å². The van der Waals surface area contributed by atoms with Gasteiger partial charge in [0, 0.05) is 54.1 Å². The Balaban J connectivity index is 1.15. The molecule has 9 heteroatoms. The highest BCUT2D eigenvalue weighted by atomic mass is 16.5. The molecule has 4 heterocycles. The average Bonchev–Trinajstić information content (AvgIpc) is 3.42. The first-order valence-corrected chi connectivity index (χ1v) is 13.2. The fourth-order valence-corrected chi connectivity index (χ4v) is 6.90. The zero-order chi connectivity index (χ0) is 25.0. The summed E-state index contributed by atoms with van der Waals surface area (Å²) in [6.45, 7) is 2.45. The van der Waals surface area contributed by atoms with Crippen molar-refractivity contribution >= 4 is 23.6 Å². The Bertz CT molecular complexity index is 1120. The molecule has 0 radical (unpaired) electrons. The number of likely N-dealkylation sites (tertiary alicyclic amines) is 1. The lowest BCUT2D eigenvalue weighted by atomic mass is 9.73. The average molecular weight is 496 g/mol. The largest absolute Gasteiger partial charge is 0.492 e. The fraction of sp³-hybridized carbons (Fsp3) is 0.630. The maximum Gasteiger partial charge on any atom is 0.255 e. The van der Waals surface area contributed by atoms with Crippen molar-refractivity contribution in [3.8, 4) is 5.75 Å². The van der Waals surface area contributed by atoms with Crippen molar-refractivity contribution in [1.82, 2.24) is 15.1 Å². The van der Waals surface area contributed by atoms with Crippen molar-refractivity contribution in [2.75, 3.05) is 26.3 Å². The molecule has 0 aromatic heterocycles. The summed E-state index contributed by atoms with van der Waals surface area (Å²) in [6.07, 6.45) is 5.78. The fourth-order valence-electron chi connectivity index (χ4n) is 6.90. The van der Waals surface area contributed by atoms with Crippen molar-refractivity contribution in [2.45, 2.75) is 69.4 Å². The molecular weight excluding hydrogens is 462 g/mol. The van der Waals surface area contributed by atoms with Crippen molar-refractivity contribution in [3.05, 3.63) is 28.8 Å². The van der Waals surface area contributed by atoms with Gasteiger partial charge in [0.25, 0.3) is 5.91 Å². The lowest BCUT2D eigenvalue weighted by Gasteiger charge is -2.40. The van der Waals surface area contributed by atoms with Crippen LogP contribution in [0.5, 0.6) is 5.75 Å². The van der Waals surface area contributed by atoms with Gasteiger partial charge in [-0.3, -0.25) is 24.5 Å². The molecule has 1 spiro atoms. The second-order valence-electron chi connectivity index (χ2n) is 11.2. The van der Waals surface area contributed by atoms with E-state index in [-0.39, 0.29) is 42.1 Å². The predicted octanol–water partition coefficient (Wildman–Crippen LogP) is 1.50. The van der Waals surface area contributed by atoms with E-state index in [9.17, 15) is 24.3 Å². The minimum absolute atomic E-state index is 0.0708. The molecule has 0 bridgehead atoms. The summed E-state index contributed by atoms with van der Waals surface area (Å²) in [4.78, 5) is 53.8. The molecule has 1 aromatic rings. The van der Waals surface area contributed by atoms with E-state index in [1.807, 2.05) is 17.0 Å². The highest BCUT2D eigenvalue weighted by Crippen LogP contribution is 2.49. The number of rotatable bonds is 3. The molecule has 4 amide bonds. The van der Waals surface area contributed by atoms with Gasteiger partial charge in [-0.25, -0.2) is 0 Å². The van der Waals surface area contributed by atoms with Gasteiger partial charge in [0.1, 0.15) is 11.8 Å². The van der Waals surface area contributed by atoms with E-state index in [1.54, 1.807) is 4.90 Å². The summed E-state index contributed by atoms with van der Waals surface area (Å²) in [5, 5.41) is 11.7. The zero-order valence-electron chi connectivity index (χ0n) is 20.5. The molecule has 2 N–H and O–H groups in total. The minimum Gasteiger partial charge on any atom is -0.492 e. The van der Waals surface area contributed by atoms with Crippen molar-refractivity contribution < 1.29 is 29.0 Å². The maximum atomic E-state index is 13.2. The summed E-state index contributed by atoms with van der Waals surface area (Å²) >= 11 is 0. The molecule has 1 aliphatic carbocycles. The van der Waals surface area contributed by atoms with E-state index in [0.29, 0.717) is 44.1 Å². The van der Waals surface area contributed by atoms with Crippen LogP contribution in [0.4, 0.5) is 0 Å². The number of benzene rings is 1. The van der Waals surface area contributed by atoms with Crippen molar-refractivity contribution in [2.24, 2.45) is 11.8 Å². The van der Waals surface area contributed by atoms with Gasteiger partial charge in [0.05, 0.1) is 13.2 Å². The first-order valence-electron chi connectivity index (χ1n) is 13.2. The van der Waals surface area contributed by atoms with E-state index >= 15 is 0 Å². The molecule has 1 atom stereocenters. The van der Waals surface area contributed by atoms with E-state index in [0.717, 1.165) is 55.4 Å². The highest BCUT2D eigenvalue weighted by Gasteiger charge is 2.48. The number of nitrogens with one attached hydrogen (secondary N) is 1. The number of ether oxygens (including phenoxy) is 1. The second kappa shape index (κ2) is 8.87. The topological polar surface area (TPSA) is 116 Å². The molecule has 4 aliphatic heterocycles. The number of aliphatic hydroxyl groups excluding tert-OH is 1.